The maximum atomic E-state index is 13.2. The Kier molecular flexibility index (Phi) is 42.5. The summed E-state index contributed by atoms with van der Waals surface area (Å²) in [6.45, 7) is -0.411. The molecular weight excluding hydrogens is 1890 g/mol. The molecule has 808 valence electrons. The first-order chi connectivity index (χ1) is 65.7. The van der Waals surface area contributed by atoms with Crippen LogP contribution in [0.4, 0.5) is 0 Å². The Bertz CT molecular complexity index is 3730. The predicted molar refractivity (Wildman–Crippen MR) is 440 cm³/mol. The van der Waals surface area contributed by atoms with Crippen molar-refractivity contribution in [1.29, 1.82) is 0 Å². The molecule has 57 nitrogen and oxygen atoms in total. The zero-order valence-corrected chi connectivity index (χ0v) is 76.9. The van der Waals surface area contributed by atoms with Crippen molar-refractivity contribution in [3.8, 4) is 0 Å². The number of aliphatic hydroxyl groups excluding tert-OH is 30. The maximum Gasteiger partial charge on any atom is 0.217 e. The zero-order chi connectivity index (χ0) is 102. The Labute approximate surface area is 794 Å². The fourth-order valence-corrected chi connectivity index (χ4v) is 18.9. The SMILES string of the molecule is CC(=O)NC1[C@H](OC2[C@H](OCC3O[C@@H](O[C@@H]4C(CO)O[C@@H](O[C@@H]5C(CO)O[C@@H](C(C)C)C(NC(C)=O)[C@H]5O)C(NC(C)=O)[C@H]4O)C(O)[C@@H](O[C@H]4OC(CO)[C@@H](O)[C@H](O)C4O[C@@H]4OC(CO)[C@@H](O[C@@H]5OC(CO[C@@H]6CC(O)[C@@H](C)C(C(O)C(O)CO)O6)[C@H](O)[C@H](O)C5O)[C@H](O)C4C)[C@@H]3O)OC(CO)[C@@H](O)[C@@H]2O)OC(CO)[C@@H](O[C@@H]2OC(CO[C@@H]3CC(O)[C@@H](C)C(C(O)C(O)CO)O3)[C@H](O)[C@H](O)C2O)[C@@H]1O. The van der Waals surface area contributed by atoms with Crippen molar-refractivity contribution >= 4 is 17.7 Å². The number of ether oxygens (including phenoxy) is 21. The van der Waals surface area contributed by atoms with E-state index in [1.807, 2.05) is 0 Å². The number of aliphatic hydroxyl groups is 30. The molecule has 0 spiro atoms. The van der Waals surface area contributed by atoms with Gasteiger partial charge in [-0.2, -0.15) is 0 Å². The van der Waals surface area contributed by atoms with E-state index in [0.717, 1.165) is 20.8 Å². The van der Waals surface area contributed by atoms with Crippen LogP contribution in [0.15, 0.2) is 0 Å². The van der Waals surface area contributed by atoms with Crippen LogP contribution in [-0.4, -0.2) is 575 Å². The van der Waals surface area contributed by atoms with Crippen LogP contribution in [-0.2, 0) is 114 Å². The van der Waals surface area contributed by atoms with Crippen molar-refractivity contribution in [3.63, 3.8) is 0 Å². The van der Waals surface area contributed by atoms with Gasteiger partial charge in [0.1, 0.15) is 226 Å². The second-order valence-electron chi connectivity index (χ2n) is 37.3. The number of rotatable bonds is 39. The van der Waals surface area contributed by atoms with E-state index in [2.05, 4.69) is 16.0 Å². The molecule has 11 rings (SSSR count). The summed E-state index contributed by atoms with van der Waals surface area (Å²) in [6, 6.07) is -5.10. The molecule has 0 bridgehead atoms. The third-order valence-electron chi connectivity index (χ3n) is 27.1. The van der Waals surface area contributed by atoms with Crippen molar-refractivity contribution < 1.29 is 267 Å². The molecule has 11 aliphatic heterocycles. The van der Waals surface area contributed by atoms with E-state index < -0.39 is 445 Å². The van der Waals surface area contributed by atoms with E-state index in [9.17, 15) is 168 Å². The zero-order valence-electron chi connectivity index (χ0n) is 76.9. The minimum atomic E-state index is -2.56. The molecule has 3 amide bonds. The first-order valence-electron chi connectivity index (χ1n) is 46.0. The molecule has 33 N–H and O–H groups in total. The Hall–Kier alpha value is -3.63. The molecule has 11 aliphatic rings. The summed E-state index contributed by atoms with van der Waals surface area (Å²) in [4.78, 5) is 39.0. The number of nitrogens with one attached hydrogen (secondary N) is 3. The summed E-state index contributed by atoms with van der Waals surface area (Å²) >= 11 is 0. The molecule has 11 fully saturated rings. The van der Waals surface area contributed by atoms with Crippen LogP contribution in [0.3, 0.4) is 0 Å². The van der Waals surface area contributed by atoms with Gasteiger partial charge in [-0.15, -0.1) is 0 Å². The lowest BCUT2D eigenvalue weighted by Crippen LogP contribution is -2.71. The average Bonchev–Trinajstić information content (AvgIpc) is 0.763. The fourth-order valence-electron chi connectivity index (χ4n) is 18.9. The van der Waals surface area contributed by atoms with Gasteiger partial charge in [-0.05, 0) is 5.92 Å². The highest BCUT2D eigenvalue weighted by atomic mass is 16.8. The molecule has 57 atom stereocenters. The maximum absolute atomic E-state index is 13.2. The lowest BCUT2D eigenvalue weighted by molar-refractivity contribution is -0.401. The number of hydrogen-bond donors (Lipinski definition) is 33. The van der Waals surface area contributed by atoms with Crippen LogP contribution < -0.4 is 16.0 Å². The molecule has 11 saturated heterocycles. The Balaban J connectivity index is 0.864. The average molecular weight is 2030 g/mol. The summed E-state index contributed by atoms with van der Waals surface area (Å²) in [5, 5.41) is 344. The van der Waals surface area contributed by atoms with Crippen LogP contribution in [0.2, 0.25) is 0 Å². The van der Waals surface area contributed by atoms with Gasteiger partial charge >= 0.3 is 0 Å². The van der Waals surface area contributed by atoms with Crippen LogP contribution in [0.5, 0.6) is 0 Å². The van der Waals surface area contributed by atoms with E-state index in [0.29, 0.717) is 0 Å². The monoisotopic (exact) mass is 2030 g/mol. The van der Waals surface area contributed by atoms with Gasteiger partial charge < -0.3 is 269 Å². The molecule has 0 saturated carbocycles. The quantitative estimate of drug-likeness (QED) is 0.0272. The van der Waals surface area contributed by atoms with E-state index in [-0.39, 0.29) is 12.8 Å². The summed E-state index contributed by atoms with van der Waals surface area (Å²) in [5.74, 6) is -6.06. The van der Waals surface area contributed by atoms with Crippen molar-refractivity contribution in [2.24, 2.45) is 23.7 Å². The molecule has 0 aromatic carbocycles. The summed E-state index contributed by atoms with van der Waals surface area (Å²) in [5.41, 5.74) is 0. The van der Waals surface area contributed by atoms with Gasteiger partial charge in [0, 0.05) is 51.4 Å². The Morgan fingerprint density at radius 3 is 0.978 bits per heavy atom. The van der Waals surface area contributed by atoms with Gasteiger partial charge in [0.25, 0.3) is 0 Å². The molecule has 11 heterocycles. The minimum absolute atomic E-state index is 0.242. The Morgan fingerprint density at radius 2 is 0.583 bits per heavy atom. The first kappa shape index (κ1) is 116. The molecule has 0 radical (unpaired) electrons. The van der Waals surface area contributed by atoms with Crippen LogP contribution in [0.25, 0.3) is 0 Å². The standard InChI is InChI=1S/C82H141N3O54/c1-22(2)65-44(83-26(6)94)55(109)69(35(15-90)122-65)133-76-45(84-27(7)95)56(110)71(38(18-93)126-76)136-80-64(118)72(137-82-74(61(115)51(105)34(14-89)124-82)138-75-25(5)47(101)68(36(16-91)125-75)134-78-62(116)58(112)52(106)39(128-78)19-119-42-9-29(97)23(3)66(131-42)48(102)31(99)11-86)54(108)41(130-80)21-121-81-73(60(114)50(104)33(13-88)123-81)139-77-46(85-28(8)96)57(111)70(37(17-92)127-77)135-79-63(117)59(113)53(107)40(129-79)20-120-43-10-30(98)24(4)67(132-43)49(103)32(100)12-87/h22-25,29-82,86-93,97-118H,9-21H2,1-8H3,(H,83,94)(H,84,95)(H,85,96)/t23-,24-,25?,29?,30?,31?,32?,33?,34?,35?,36?,37?,38?,39?,40?,41?,42+,43+,44?,45?,46?,47-,48?,49?,50-,51-,52+,53+,54-,55-,56-,57-,58+,59+,60+,61+,62?,63?,64?,65+,66?,67?,68-,69-,70-,71-,72+,73?,74?,75+,76+,77+,78+,79+,80+,81-,82-/m1/s1. The van der Waals surface area contributed by atoms with Crippen molar-refractivity contribution in [2.45, 2.75) is 400 Å². The number of hydrogen-bond acceptors (Lipinski definition) is 54. The fraction of sp³-hybridized carbons (Fsp3) is 0.963. The smallest absolute Gasteiger partial charge is 0.217 e. The molecule has 0 aromatic heterocycles. The van der Waals surface area contributed by atoms with Gasteiger partial charge in [0.2, 0.25) is 17.7 Å². The van der Waals surface area contributed by atoms with Gasteiger partial charge in [-0.1, -0.05) is 34.6 Å². The predicted octanol–water partition coefficient (Wildman–Crippen LogP) is -19.5. The van der Waals surface area contributed by atoms with Crippen molar-refractivity contribution in [2.75, 3.05) is 72.7 Å². The van der Waals surface area contributed by atoms with E-state index in [1.54, 1.807) is 13.8 Å². The lowest BCUT2D eigenvalue weighted by Gasteiger charge is -2.51. The van der Waals surface area contributed by atoms with E-state index in [1.165, 1.54) is 20.8 Å². The molecule has 57 heteroatoms. The second kappa shape index (κ2) is 51.1. The lowest BCUT2D eigenvalue weighted by atomic mass is 9.87. The van der Waals surface area contributed by atoms with E-state index >= 15 is 0 Å². The van der Waals surface area contributed by atoms with Crippen molar-refractivity contribution in [3.05, 3.63) is 0 Å². The van der Waals surface area contributed by atoms with Gasteiger partial charge in [0.05, 0.1) is 115 Å². The second-order valence-corrected chi connectivity index (χ2v) is 37.3. The van der Waals surface area contributed by atoms with E-state index in [4.69, 9.17) is 99.5 Å². The molecular formula is C82H141N3O54. The third kappa shape index (κ3) is 26.3. The third-order valence-corrected chi connectivity index (χ3v) is 27.1. The minimum Gasteiger partial charge on any atom is -0.394 e. The number of carbonyl (C=O) groups excluding carboxylic acids is 3. The van der Waals surface area contributed by atoms with Crippen molar-refractivity contribution in [1.82, 2.24) is 16.0 Å². The highest BCUT2D eigenvalue weighted by molar-refractivity contribution is 5.74. The van der Waals surface area contributed by atoms with Crippen LogP contribution >= 0.6 is 0 Å². The molecule has 139 heavy (non-hydrogen) atoms. The highest BCUT2D eigenvalue weighted by Gasteiger charge is 2.62. The summed E-state index contributed by atoms with van der Waals surface area (Å²) in [7, 11) is 0. The highest BCUT2D eigenvalue weighted by Crippen LogP contribution is 2.43. The Morgan fingerprint density at radius 1 is 0.281 bits per heavy atom. The summed E-state index contributed by atoms with van der Waals surface area (Å²) < 4.78 is 127. The number of carbonyl (C=O) groups is 3. The van der Waals surface area contributed by atoms with Gasteiger partial charge in [0.15, 0.2) is 62.9 Å². The number of amides is 3. The summed E-state index contributed by atoms with van der Waals surface area (Å²) in [6.07, 6.45) is -99.2. The van der Waals surface area contributed by atoms with Crippen LogP contribution in [0.1, 0.15) is 68.2 Å². The topological polar surface area (TPSA) is 888 Å². The van der Waals surface area contributed by atoms with Gasteiger partial charge in [-0.3, -0.25) is 14.4 Å². The molecule has 26 unspecified atom stereocenters. The van der Waals surface area contributed by atoms with Gasteiger partial charge in [-0.25, -0.2) is 0 Å². The largest absolute Gasteiger partial charge is 0.394 e. The molecule has 0 aromatic rings. The normalized spacial score (nSPS) is 48.4. The first-order valence-corrected chi connectivity index (χ1v) is 46.0. The molecule has 0 aliphatic carbocycles. The van der Waals surface area contributed by atoms with Crippen LogP contribution in [0, 0.1) is 23.7 Å².